The van der Waals surface area contributed by atoms with E-state index in [9.17, 15) is 9.59 Å². The summed E-state index contributed by atoms with van der Waals surface area (Å²) in [6.45, 7) is 4.30. The van der Waals surface area contributed by atoms with Crippen molar-refractivity contribution >= 4 is 34.8 Å². The number of hydrogen-bond donors (Lipinski definition) is 3. The number of hydrogen-bond acceptors (Lipinski definition) is 4. The molecule has 0 saturated heterocycles. The van der Waals surface area contributed by atoms with Gasteiger partial charge in [-0.05, 0) is 62.0 Å². The maximum absolute atomic E-state index is 12.9. The van der Waals surface area contributed by atoms with Crippen LogP contribution in [-0.2, 0) is 0 Å². The van der Waals surface area contributed by atoms with Crippen molar-refractivity contribution in [1.82, 2.24) is 10.6 Å². The van der Waals surface area contributed by atoms with Crippen molar-refractivity contribution in [2.24, 2.45) is 0 Å². The van der Waals surface area contributed by atoms with Crippen LogP contribution in [0.25, 0.3) is 0 Å². The first-order chi connectivity index (χ1) is 15.5. The normalized spacial score (nSPS) is 11.2. The predicted octanol–water partition coefficient (Wildman–Crippen LogP) is 4.70. The van der Waals surface area contributed by atoms with Crippen molar-refractivity contribution < 1.29 is 14.3 Å². The average Bonchev–Trinajstić information content (AvgIpc) is 2.80. The summed E-state index contributed by atoms with van der Waals surface area (Å²) in [6, 6.07) is 23.4. The number of ether oxygens (including phenoxy) is 1. The van der Waals surface area contributed by atoms with Gasteiger partial charge in [0.25, 0.3) is 11.8 Å². The third-order valence-electron chi connectivity index (χ3n) is 4.70. The Labute approximate surface area is 193 Å². The Morgan fingerprint density at radius 2 is 1.66 bits per heavy atom. The maximum Gasteiger partial charge on any atom is 0.257 e. The first-order valence-corrected chi connectivity index (χ1v) is 10.7. The molecule has 6 nitrogen and oxygen atoms in total. The van der Waals surface area contributed by atoms with Crippen molar-refractivity contribution in [3.8, 4) is 5.75 Å². The lowest BCUT2D eigenvalue weighted by molar-refractivity contribution is 0.0939. The lowest BCUT2D eigenvalue weighted by atomic mass is 10.1. The summed E-state index contributed by atoms with van der Waals surface area (Å²) in [6.07, 6.45) is 0. The van der Waals surface area contributed by atoms with Gasteiger partial charge in [-0.15, -0.1) is 0 Å². The van der Waals surface area contributed by atoms with E-state index < -0.39 is 0 Å². The molecule has 0 heterocycles. The van der Waals surface area contributed by atoms with E-state index in [1.165, 1.54) is 0 Å². The minimum Gasteiger partial charge on any atom is -0.494 e. The second-order valence-corrected chi connectivity index (χ2v) is 7.43. The second-order valence-electron chi connectivity index (χ2n) is 7.02. The van der Waals surface area contributed by atoms with Gasteiger partial charge in [0.1, 0.15) is 5.75 Å². The van der Waals surface area contributed by atoms with E-state index in [2.05, 4.69) is 16.0 Å². The summed E-state index contributed by atoms with van der Waals surface area (Å²) in [7, 11) is 0. The van der Waals surface area contributed by atoms with Crippen LogP contribution in [0.4, 0.5) is 5.69 Å². The SMILES string of the molecule is CCOc1cccc(C(=O)NC(=S)Nc2ccccc2C(=O)NC(C)c2ccccc2)c1. The van der Waals surface area contributed by atoms with Crippen LogP contribution in [0.15, 0.2) is 78.9 Å². The molecule has 0 aliphatic carbocycles. The Morgan fingerprint density at radius 1 is 0.938 bits per heavy atom. The Bertz CT molecular complexity index is 1100. The van der Waals surface area contributed by atoms with E-state index in [0.29, 0.717) is 29.2 Å². The molecule has 7 heteroatoms. The molecule has 0 saturated carbocycles. The molecule has 0 aliphatic heterocycles. The number of thiocarbonyl (C=S) groups is 1. The molecule has 0 aromatic heterocycles. The molecule has 0 spiro atoms. The van der Waals surface area contributed by atoms with Crippen LogP contribution in [0.3, 0.4) is 0 Å². The van der Waals surface area contributed by atoms with E-state index in [-0.39, 0.29) is 23.0 Å². The van der Waals surface area contributed by atoms with Crippen LogP contribution in [0, 0.1) is 0 Å². The summed E-state index contributed by atoms with van der Waals surface area (Å²) in [5, 5.41) is 8.67. The summed E-state index contributed by atoms with van der Waals surface area (Å²) < 4.78 is 5.43. The molecule has 164 valence electrons. The topological polar surface area (TPSA) is 79.5 Å². The van der Waals surface area contributed by atoms with Crippen molar-refractivity contribution in [3.05, 3.63) is 95.6 Å². The van der Waals surface area contributed by atoms with Gasteiger partial charge >= 0.3 is 0 Å². The first kappa shape index (κ1) is 23.0. The fourth-order valence-corrected chi connectivity index (χ4v) is 3.31. The molecule has 2 amide bonds. The summed E-state index contributed by atoms with van der Waals surface area (Å²) >= 11 is 5.30. The maximum atomic E-state index is 12.9. The number of carbonyl (C=O) groups is 2. The van der Waals surface area contributed by atoms with E-state index in [0.717, 1.165) is 5.56 Å². The van der Waals surface area contributed by atoms with Crippen LogP contribution in [0.2, 0.25) is 0 Å². The molecular formula is C25H25N3O3S. The van der Waals surface area contributed by atoms with E-state index in [4.69, 9.17) is 17.0 Å². The van der Waals surface area contributed by atoms with Crippen molar-refractivity contribution in [1.29, 1.82) is 0 Å². The highest BCUT2D eigenvalue weighted by atomic mass is 32.1. The van der Waals surface area contributed by atoms with Crippen LogP contribution in [0.1, 0.15) is 46.2 Å². The highest BCUT2D eigenvalue weighted by Gasteiger charge is 2.16. The number of nitrogens with one attached hydrogen (secondary N) is 3. The molecule has 0 bridgehead atoms. The van der Waals surface area contributed by atoms with Crippen molar-refractivity contribution in [3.63, 3.8) is 0 Å². The van der Waals surface area contributed by atoms with E-state index in [1.807, 2.05) is 44.2 Å². The third kappa shape index (κ3) is 6.15. The Balaban J connectivity index is 1.66. The summed E-state index contributed by atoms with van der Waals surface area (Å²) in [5.74, 6) is -0.0136. The summed E-state index contributed by atoms with van der Waals surface area (Å²) in [5.41, 5.74) is 2.34. The minimum atomic E-state index is -0.372. The largest absolute Gasteiger partial charge is 0.494 e. The number of para-hydroxylation sites is 1. The van der Waals surface area contributed by atoms with Gasteiger partial charge in [-0.25, -0.2) is 0 Å². The highest BCUT2D eigenvalue weighted by molar-refractivity contribution is 7.80. The van der Waals surface area contributed by atoms with Gasteiger partial charge in [-0.3, -0.25) is 14.9 Å². The molecule has 3 aromatic carbocycles. The number of anilines is 1. The van der Waals surface area contributed by atoms with Crippen LogP contribution in [-0.4, -0.2) is 23.5 Å². The van der Waals surface area contributed by atoms with Crippen LogP contribution < -0.4 is 20.7 Å². The molecular weight excluding hydrogens is 422 g/mol. The number of rotatable bonds is 7. The average molecular weight is 448 g/mol. The molecule has 3 rings (SSSR count). The molecule has 0 radical (unpaired) electrons. The predicted molar refractivity (Wildman–Crippen MR) is 130 cm³/mol. The molecule has 0 fully saturated rings. The quantitative estimate of drug-likeness (QED) is 0.458. The van der Waals surface area contributed by atoms with Gasteiger partial charge in [0.05, 0.1) is 23.9 Å². The third-order valence-corrected chi connectivity index (χ3v) is 4.91. The fourth-order valence-electron chi connectivity index (χ4n) is 3.11. The lowest BCUT2D eigenvalue weighted by Gasteiger charge is -2.17. The van der Waals surface area contributed by atoms with E-state index >= 15 is 0 Å². The monoisotopic (exact) mass is 447 g/mol. The van der Waals surface area contributed by atoms with Crippen molar-refractivity contribution in [2.45, 2.75) is 19.9 Å². The highest BCUT2D eigenvalue weighted by Crippen LogP contribution is 2.18. The molecule has 1 atom stereocenters. The second kappa shape index (κ2) is 11.1. The van der Waals surface area contributed by atoms with Gasteiger partial charge in [-0.1, -0.05) is 48.5 Å². The summed E-state index contributed by atoms with van der Waals surface area (Å²) in [4.78, 5) is 25.4. The van der Waals surface area contributed by atoms with Gasteiger partial charge in [-0.2, -0.15) is 0 Å². The van der Waals surface area contributed by atoms with Gasteiger partial charge in [0.2, 0.25) is 0 Å². The zero-order valence-electron chi connectivity index (χ0n) is 17.9. The molecule has 3 N–H and O–H groups in total. The van der Waals surface area contributed by atoms with Gasteiger partial charge < -0.3 is 15.4 Å². The van der Waals surface area contributed by atoms with Gasteiger partial charge in [0.15, 0.2) is 5.11 Å². The van der Waals surface area contributed by atoms with Crippen LogP contribution in [0.5, 0.6) is 5.75 Å². The molecule has 1 unspecified atom stereocenters. The van der Waals surface area contributed by atoms with Crippen molar-refractivity contribution in [2.75, 3.05) is 11.9 Å². The Kier molecular flexibility index (Phi) is 7.94. The minimum absolute atomic E-state index is 0.0909. The number of carbonyl (C=O) groups excluding carboxylic acids is 2. The molecule has 0 aliphatic rings. The zero-order chi connectivity index (χ0) is 22.9. The number of benzene rings is 3. The fraction of sp³-hybridized carbons (Fsp3) is 0.160. The number of amides is 2. The lowest BCUT2D eigenvalue weighted by Crippen LogP contribution is -2.35. The zero-order valence-corrected chi connectivity index (χ0v) is 18.7. The van der Waals surface area contributed by atoms with Gasteiger partial charge in [0, 0.05) is 5.56 Å². The first-order valence-electron chi connectivity index (χ1n) is 10.3. The Morgan fingerprint density at radius 3 is 2.41 bits per heavy atom. The van der Waals surface area contributed by atoms with E-state index in [1.54, 1.807) is 48.5 Å². The molecule has 32 heavy (non-hydrogen) atoms. The van der Waals surface area contributed by atoms with Crippen LogP contribution >= 0.6 is 12.2 Å². The standard InChI is InChI=1S/C25H25N3O3S/c1-3-31-20-13-9-12-19(16-20)23(29)28-25(32)27-22-15-8-7-14-21(22)24(30)26-17(2)18-10-5-4-6-11-18/h4-17H,3H2,1-2H3,(H,26,30)(H2,27,28,29,32). The Hall–Kier alpha value is -3.71. The smallest absolute Gasteiger partial charge is 0.257 e. The molecule has 3 aromatic rings.